The zero-order valence-electron chi connectivity index (χ0n) is 11.3. The number of carboxylic acids is 1. The van der Waals surface area contributed by atoms with Crippen LogP contribution in [0.1, 0.15) is 30.3 Å². The molecular formula is C14H12F3N3O2. The zero-order valence-corrected chi connectivity index (χ0v) is 11.3. The van der Waals surface area contributed by atoms with E-state index in [1.165, 1.54) is 22.8 Å². The predicted molar refractivity (Wildman–Crippen MR) is 70.1 cm³/mol. The van der Waals surface area contributed by atoms with Crippen LogP contribution in [-0.4, -0.2) is 25.8 Å². The van der Waals surface area contributed by atoms with Gasteiger partial charge in [-0.3, -0.25) is 4.57 Å². The third kappa shape index (κ3) is 2.34. The molecule has 0 aliphatic carbocycles. The number of carbonyl (C=O) groups is 1. The molecule has 2 heterocycles. The van der Waals surface area contributed by atoms with E-state index < -0.39 is 23.8 Å². The van der Waals surface area contributed by atoms with Crippen molar-refractivity contribution in [3.8, 4) is 11.4 Å². The molecule has 1 aliphatic rings. The van der Waals surface area contributed by atoms with Crippen LogP contribution in [-0.2, 0) is 17.4 Å². The number of aromatic nitrogens is 3. The van der Waals surface area contributed by atoms with Gasteiger partial charge >= 0.3 is 12.1 Å². The molecule has 1 N–H and O–H groups in total. The molecule has 0 saturated carbocycles. The second-order valence-corrected chi connectivity index (χ2v) is 5.10. The highest BCUT2D eigenvalue weighted by molar-refractivity contribution is 5.74. The number of nitrogens with zero attached hydrogens (tertiary/aromatic N) is 3. The van der Waals surface area contributed by atoms with Crippen LogP contribution < -0.4 is 0 Å². The number of hydrogen-bond donors (Lipinski definition) is 1. The SMILES string of the molecule is O=C(O)C1CCCc2nnc(-c3ccccc3C(F)(F)F)n21. The van der Waals surface area contributed by atoms with Gasteiger partial charge in [0.15, 0.2) is 5.82 Å². The monoisotopic (exact) mass is 311 g/mol. The molecule has 1 aliphatic heterocycles. The summed E-state index contributed by atoms with van der Waals surface area (Å²) in [7, 11) is 0. The number of rotatable bonds is 2. The van der Waals surface area contributed by atoms with Crippen molar-refractivity contribution in [3.05, 3.63) is 35.7 Å². The van der Waals surface area contributed by atoms with Gasteiger partial charge in [0.05, 0.1) is 5.56 Å². The maximum Gasteiger partial charge on any atom is 0.417 e. The van der Waals surface area contributed by atoms with Crippen molar-refractivity contribution in [2.45, 2.75) is 31.5 Å². The predicted octanol–water partition coefficient (Wildman–Crippen LogP) is 2.93. The van der Waals surface area contributed by atoms with Crippen molar-refractivity contribution in [1.29, 1.82) is 0 Å². The lowest BCUT2D eigenvalue weighted by Gasteiger charge is -2.23. The van der Waals surface area contributed by atoms with Crippen LogP contribution in [0.5, 0.6) is 0 Å². The number of alkyl halides is 3. The molecule has 2 aromatic rings. The van der Waals surface area contributed by atoms with Crippen LogP contribution in [0.3, 0.4) is 0 Å². The topological polar surface area (TPSA) is 68.0 Å². The summed E-state index contributed by atoms with van der Waals surface area (Å²) < 4.78 is 40.8. The molecule has 1 atom stereocenters. The van der Waals surface area contributed by atoms with Crippen molar-refractivity contribution in [1.82, 2.24) is 14.8 Å². The van der Waals surface area contributed by atoms with Crippen LogP contribution in [0.4, 0.5) is 13.2 Å². The van der Waals surface area contributed by atoms with E-state index >= 15 is 0 Å². The van der Waals surface area contributed by atoms with E-state index in [1.807, 2.05) is 0 Å². The molecule has 0 bridgehead atoms. The Morgan fingerprint density at radius 1 is 1.27 bits per heavy atom. The van der Waals surface area contributed by atoms with Gasteiger partial charge in [-0.2, -0.15) is 13.2 Å². The van der Waals surface area contributed by atoms with Crippen LogP contribution in [0.25, 0.3) is 11.4 Å². The summed E-state index contributed by atoms with van der Waals surface area (Å²) in [5, 5.41) is 17.0. The van der Waals surface area contributed by atoms with Crippen LogP contribution in [0, 0.1) is 0 Å². The fraction of sp³-hybridized carbons (Fsp3) is 0.357. The summed E-state index contributed by atoms with van der Waals surface area (Å²) in [4.78, 5) is 11.4. The van der Waals surface area contributed by atoms with Crippen molar-refractivity contribution >= 4 is 5.97 Å². The molecule has 1 aromatic carbocycles. The van der Waals surface area contributed by atoms with E-state index in [2.05, 4.69) is 10.2 Å². The van der Waals surface area contributed by atoms with Gasteiger partial charge in [-0.15, -0.1) is 10.2 Å². The van der Waals surface area contributed by atoms with Crippen molar-refractivity contribution in [2.24, 2.45) is 0 Å². The molecule has 0 spiro atoms. The molecule has 0 amide bonds. The zero-order chi connectivity index (χ0) is 15.9. The summed E-state index contributed by atoms with van der Waals surface area (Å²) in [6, 6.07) is 4.05. The molecule has 8 heteroatoms. The van der Waals surface area contributed by atoms with Gasteiger partial charge in [-0.25, -0.2) is 4.79 Å². The molecule has 1 aromatic heterocycles. The second kappa shape index (κ2) is 5.11. The first-order valence-electron chi connectivity index (χ1n) is 6.73. The van der Waals surface area contributed by atoms with Crippen molar-refractivity contribution in [3.63, 3.8) is 0 Å². The van der Waals surface area contributed by atoms with Gasteiger partial charge < -0.3 is 5.11 Å². The number of hydrogen-bond acceptors (Lipinski definition) is 3. The standard InChI is InChI=1S/C14H12F3N3O2/c15-14(16,17)9-5-2-1-4-8(9)12-19-18-11-7-3-6-10(13(21)22)20(11)12/h1-2,4-5,10H,3,6-7H2,(H,21,22). The van der Waals surface area contributed by atoms with Crippen LogP contribution in [0.2, 0.25) is 0 Å². The number of aryl methyl sites for hydroxylation is 1. The molecule has 0 radical (unpaired) electrons. The summed E-state index contributed by atoms with van der Waals surface area (Å²) >= 11 is 0. The minimum atomic E-state index is -4.55. The average molecular weight is 311 g/mol. The molecule has 116 valence electrons. The summed E-state index contributed by atoms with van der Waals surface area (Å²) in [6.07, 6.45) is -3.07. The van der Waals surface area contributed by atoms with Gasteiger partial charge in [0.25, 0.3) is 0 Å². The number of fused-ring (bicyclic) bond motifs is 1. The number of halogens is 3. The van der Waals surface area contributed by atoms with Crippen molar-refractivity contribution < 1.29 is 23.1 Å². The molecule has 3 rings (SSSR count). The minimum absolute atomic E-state index is 0.0463. The van der Waals surface area contributed by atoms with E-state index in [0.29, 0.717) is 25.1 Å². The third-order valence-corrected chi connectivity index (χ3v) is 3.71. The first kappa shape index (κ1) is 14.6. The van der Waals surface area contributed by atoms with E-state index in [9.17, 15) is 23.1 Å². The van der Waals surface area contributed by atoms with Gasteiger partial charge in [0, 0.05) is 12.0 Å². The fourth-order valence-corrected chi connectivity index (χ4v) is 2.75. The van der Waals surface area contributed by atoms with E-state index in [-0.39, 0.29) is 11.4 Å². The van der Waals surface area contributed by atoms with E-state index in [1.54, 1.807) is 0 Å². The Balaban J connectivity index is 2.20. The normalized spacial score (nSPS) is 18.0. The van der Waals surface area contributed by atoms with Gasteiger partial charge in [0.2, 0.25) is 0 Å². The lowest BCUT2D eigenvalue weighted by Crippen LogP contribution is -2.26. The Labute approximate surface area is 123 Å². The molecule has 0 saturated heterocycles. The summed E-state index contributed by atoms with van der Waals surface area (Å²) in [5.74, 6) is -0.729. The first-order chi connectivity index (χ1) is 10.4. The highest BCUT2D eigenvalue weighted by Gasteiger charge is 2.37. The Bertz CT molecular complexity index is 724. The lowest BCUT2D eigenvalue weighted by atomic mass is 10.0. The van der Waals surface area contributed by atoms with Gasteiger partial charge in [0.1, 0.15) is 11.9 Å². The van der Waals surface area contributed by atoms with Crippen LogP contribution in [0.15, 0.2) is 24.3 Å². The van der Waals surface area contributed by atoms with Gasteiger partial charge in [-0.1, -0.05) is 18.2 Å². The number of aliphatic carboxylic acids is 1. The number of benzene rings is 1. The Hall–Kier alpha value is -2.38. The Kier molecular flexibility index (Phi) is 3.38. The average Bonchev–Trinajstić information content (AvgIpc) is 2.90. The van der Waals surface area contributed by atoms with Gasteiger partial charge in [-0.05, 0) is 18.9 Å². The molecule has 1 unspecified atom stereocenters. The molecular weight excluding hydrogens is 299 g/mol. The maximum absolute atomic E-state index is 13.2. The maximum atomic E-state index is 13.2. The Morgan fingerprint density at radius 3 is 2.68 bits per heavy atom. The largest absolute Gasteiger partial charge is 0.480 e. The lowest BCUT2D eigenvalue weighted by molar-refractivity contribution is -0.141. The highest BCUT2D eigenvalue weighted by atomic mass is 19.4. The van der Waals surface area contributed by atoms with E-state index in [0.717, 1.165) is 6.07 Å². The quantitative estimate of drug-likeness (QED) is 0.926. The third-order valence-electron chi connectivity index (χ3n) is 3.71. The molecule has 0 fully saturated rings. The Morgan fingerprint density at radius 2 is 2.00 bits per heavy atom. The minimum Gasteiger partial charge on any atom is -0.480 e. The van der Waals surface area contributed by atoms with E-state index in [4.69, 9.17) is 0 Å². The van der Waals surface area contributed by atoms with Crippen LogP contribution >= 0.6 is 0 Å². The second-order valence-electron chi connectivity index (χ2n) is 5.10. The van der Waals surface area contributed by atoms with Crippen molar-refractivity contribution in [2.75, 3.05) is 0 Å². The molecule has 5 nitrogen and oxygen atoms in total. The highest BCUT2D eigenvalue weighted by Crippen LogP contribution is 2.38. The first-order valence-corrected chi connectivity index (χ1v) is 6.73. The fourth-order valence-electron chi connectivity index (χ4n) is 2.75. The number of carboxylic acid groups (broad SMARTS) is 1. The molecule has 22 heavy (non-hydrogen) atoms. The summed E-state index contributed by atoms with van der Waals surface area (Å²) in [5.41, 5.74) is -0.998. The summed E-state index contributed by atoms with van der Waals surface area (Å²) in [6.45, 7) is 0. The smallest absolute Gasteiger partial charge is 0.417 e.